The van der Waals surface area contributed by atoms with Gasteiger partial charge in [-0.25, -0.2) is 4.98 Å². The van der Waals surface area contributed by atoms with Gasteiger partial charge in [0, 0.05) is 12.3 Å². The van der Waals surface area contributed by atoms with Crippen LogP contribution in [0.1, 0.15) is 19.5 Å². The molecule has 5 heteroatoms. The number of pyridine rings is 1. The standard InChI is InChI=1S/C19H21N3O2/c1-14(2)13-24-17-8-4-3-7-16(17)20-12-15-11-19(23)22-10-6-5-9-18(22)21-15/h3-11,14,20H,12-13H2,1-2H3. The molecule has 0 aliphatic heterocycles. The average molecular weight is 323 g/mol. The summed E-state index contributed by atoms with van der Waals surface area (Å²) in [5, 5.41) is 3.31. The number of benzene rings is 1. The molecule has 0 aliphatic rings. The molecule has 0 amide bonds. The maximum Gasteiger partial charge on any atom is 0.258 e. The van der Waals surface area contributed by atoms with Gasteiger partial charge in [0.1, 0.15) is 11.4 Å². The van der Waals surface area contributed by atoms with E-state index in [9.17, 15) is 4.79 Å². The Balaban J connectivity index is 1.78. The van der Waals surface area contributed by atoms with E-state index in [1.54, 1.807) is 12.3 Å². The molecule has 0 fully saturated rings. The molecular formula is C19H21N3O2. The molecule has 1 aromatic carbocycles. The zero-order chi connectivity index (χ0) is 16.9. The fraction of sp³-hybridized carbons (Fsp3) is 0.263. The normalized spacial score (nSPS) is 11.0. The van der Waals surface area contributed by atoms with Gasteiger partial charge in [-0.15, -0.1) is 0 Å². The summed E-state index contributed by atoms with van der Waals surface area (Å²) in [5.74, 6) is 1.27. The number of fused-ring (bicyclic) bond motifs is 1. The molecular weight excluding hydrogens is 302 g/mol. The molecule has 3 rings (SSSR count). The van der Waals surface area contributed by atoms with E-state index < -0.39 is 0 Å². The van der Waals surface area contributed by atoms with Crippen molar-refractivity contribution in [2.75, 3.05) is 11.9 Å². The molecule has 3 aromatic rings. The monoisotopic (exact) mass is 323 g/mol. The molecule has 0 atom stereocenters. The Bertz CT molecular complexity index is 887. The number of ether oxygens (including phenoxy) is 1. The minimum Gasteiger partial charge on any atom is -0.491 e. The summed E-state index contributed by atoms with van der Waals surface area (Å²) >= 11 is 0. The number of hydrogen-bond donors (Lipinski definition) is 1. The van der Waals surface area contributed by atoms with E-state index in [0.29, 0.717) is 30.4 Å². The predicted octanol–water partition coefficient (Wildman–Crippen LogP) is 3.34. The minimum atomic E-state index is -0.0817. The number of para-hydroxylation sites is 2. The summed E-state index contributed by atoms with van der Waals surface area (Å²) in [6.07, 6.45) is 1.72. The van der Waals surface area contributed by atoms with E-state index in [1.807, 2.05) is 42.5 Å². The second-order valence-corrected chi connectivity index (χ2v) is 6.07. The van der Waals surface area contributed by atoms with Gasteiger partial charge in [0.05, 0.1) is 24.5 Å². The van der Waals surface area contributed by atoms with E-state index in [-0.39, 0.29) is 5.56 Å². The zero-order valence-corrected chi connectivity index (χ0v) is 13.9. The van der Waals surface area contributed by atoms with Gasteiger partial charge in [0.15, 0.2) is 0 Å². The first-order valence-electron chi connectivity index (χ1n) is 8.06. The van der Waals surface area contributed by atoms with E-state index in [0.717, 1.165) is 11.4 Å². The van der Waals surface area contributed by atoms with Gasteiger partial charge in [-0.2, -0.15) is 0 Å². The van der Waals surface area contributed by atoms with E-state index >= 15 is 0 Å². The molecule has 0 bridgehead atoms. The molecule has 0 unspecified atom stereocenters. The third-order valence-corrected chi connectivity index (χ3v) is 3.54. The highest BCUT2D eigenvalue weighted by atomic mass is 16.5. The van der Waals surface area contributed by atoms with Crippen molar-refractivity contribution in [1.29, 1.82) is 0 Å². The van der Waals surface area contributed by atoms with Crippen molar-refractivity contribution < 1.29 is 4.74 Å². The van der Waals surface area contributed by atoms with Gasteiger partial charge >= 0.3 is 0 Å². The van der Waals surface area contributed by atoms with Crippen molar-refractivity contribution in [3.05, 3.63) is 70.8 Å². The van der Waals surface area contributed by atoms with Gasteiger partial charge in [-0.05, 0) is 30.2 Å². The van der Waals surface area contributed by atoms with Crippen molar-refractivity contribution >= 4 is 11.3 Å². The summed E-state index contributed by atoms with van der Waals surface area (Å²) in [7, 11) is 0. The second-order valence-electron chi connectivity index (χ2n) is 6.07. The number of aromatic nitrogens is 2. The largest absolute Gasteiger partial charge is 0.491 e. The summed E-state index contributed by atoms with van der Waals surface area (Å²) < 4.78 is 7.36. The molecule has 1 N–H and O–H groups in total. The van der Waals surface area contributed by atoms with Crippen LogP contribution in [0.2, 0.25) is 0 Å². The lowest BCUT2D eigenvalue weighted by atomic mass is 10.2. The Hall–Kier alpha value is -2.82. The maximum atomic E-state index is 12.1. The van der Waals surface area contributed by atoms with Gasteiger partial charge in [0.25, 0.3) is 5.56 Å². The SMILES string of the molecule is CC(C)COc1ccccc1NCc1cc(=O)n2ccccc2n1. The molecule has 5 nitrogen and oxygen atoms in total. The summed E-state index contributed by atoms with van der Waals surface area (Å²) in [6, 6.07) is 14.9. The van der Waals surface area contributed by atoms with Crippen LogP contribution < -0.4 is 15.6 Å². The molecule has 0 radical (unpaired) electrons. The average Bonchev–Trinajstić information content (AvgIpc) is 2.59. The van der Waals surface area contributed by atoms with Crippen LogP contribution in [0.25, 0.3) is 5.65 Å². The van der Waals surface area contributed by atoms with Crippen LogP contribution in [0.15, 0.2) is 59.5 Å². The van der Waals surface area contributed by atoms with Crippen molar-refractivity contribution in [2.24, 2.45) is 5.92 Å². The van der Waals surface area contributed by atoms with E-state index in [2.05, 4.69) is 24.1 Å². The molecule has 24 heavy (non-hydrogen) atoms. The van der Waals surface area contributed by atoms with Crippen molar-refractivity contribution in [3.63, 3.8) is 0 Å². The van der Waals surface area contributed by atoms with Gasteiger partial charge < -0.3 is 10.1 Å². The molecule has 0 saturated heterocycles. The van der Waals surface area contributed by atoms with Gasteiger partial charge in [-0.1, -0.05) is 32.0 Å². The summed E-state index contributed by atoms with van der Waals surface area (Å²) in [4.78, 5) is 16.6. The Kier molecular flexibility index (Phi) is 4.79. The molecule has 0 spiro atoms. The highest BCUT2D eigenvalue weighted by molar-refractivity contribution is 5.56. The second kappa shape index (κ2) is 7.17. The Morgan fingerprint density at radius 1 is 1.17 bits per heavy atom. The lowest BCUT2D eigenvalue weighted by molar-refractivity contribution is 0.272. The van der Waals surface area contributed by atoms with Crippen LogP contribution in [0, 0.1) is 5.92 Å². The number of rotatable bonds is 6. The molecule has 2 heterocycles. The number of anilines is 1. The van der Waals surface area contributed by atoms with Crippen LogP contribution >= 0.6 is 0 Å². The zero-order valence-electron chi connectivity index (χ0n) is 13.9. The van der Waals surface area contributed by atoms with E-state index in [4.69, 9.17) is 4.74 Å². The third kappa shape index (κ3) is 3.74. The number of nitrogens with zero attached hydrogens (tertiary/aromatic N) is 2. The Morgan fingerprint density at radius 3 is 2.79 bits per heavy atom. The van der Waals surface area contributed by atoms with Crippen LogP contribution in [-0.4, -0.2) is 16.0 Å². The minimum absolute atomic E-state index is 0.0817. The molecule has 2 aromatic heterocycles. The maximum absolute atomic E-state index is 12.1. The van der Waals surface area contributed by atoms with Crippen molar-refractivity contribution in [2.45, 2.75) is 20.4 Å². The predicted molar refractivity (Wildman–Crippen MR) is 95.6 cm³/mol. The lowest BCUT2D eigenvalue weighted by Crippen LogP contribution is -2.16. The Labute approximate surface area is 140 Å². The smallest absolute Gasteiger partial charge is 0.258 e. The first kappa shape index (κ1) is 16.1. The van der Waals surface area contributed by atoms with Crippen molar-refractivity contribution in [3.8, 4) is 5.75 Å². The Morgan fingerprint density at radius 2 is 1.96 bits per heavy atom. The lowest BCUT2D eigenvalue weighted by Gasteiger charge is -2.14. The number of hydrogen-bond acceptors (Lipinski definition) is 4. The third-order valence-electron chi connectivity index (χ3n) is 3.54. The first-order chi connectivity index (χ1) is 11.6. The van der Waals surface area contributed by atoms with Crippen LogP contribution in [0.4, 0.5) is 5.69 Å². The molecule has 0 saturated carbocycles. The fourth-order valence-corrected chi connectivity index (χ4v) is 2.37. The summed E-state index contributed by atoms with van der Waals surface area (Å²) in [6.45, 7) is 5.35. The number of nitrogens with one attached hydrogen (secondary N) is 1. The van der Waals surface area contributed by atoms with Crippen LogP contribution in [-0.2, 0) is 6.54 Å². The quantitative estimate of drug-likeness (QED) is 0.756. The van der Waals surface area contributed by atoms with Gasteiger partial charge in [0.2, 0.25) is 0 Å². The topological polar surface area (TPSA) is 55.6 Å². The highest BCUT2D eigenvalue weighted by Crippen LogP contribution is 2.24. The first-order valence-corrected chi connectivity index (χ1v) is 8.06. The highest BCUT2D eigenvalue weighted by Gasteiger charge is 2.06. The van der Waals surface area contributed by atoms with E-state index in [1.165, 1.54) is 4.40 Å². The van der Waals surface area contributed by atoms with Crippen LogP contribution in [0.3, 0.4) is 0 Å². The van der Waals surface area contributed by atoms with Crippen LogP contribution in [0.5, 0.6) is 5.75 Å². The van der Waals surface area contributed by atoms with Crippen molar-refractivity contribution in [1.82, 2.24) is 9.38 Å². The fourth-order valence-electron chi connectivity index (χ4n) is 2.37. The van der Waals surface area contributed by atoms with Gasteiger partial charge in [-0.3, -0.25) is 9.20 Å². The molecule has 0 aliphatic carbocycles. The summed E-state index contributed by atoms with van der Waals surface area (Å²) in [5.41, 5.74) is 2.16. The molecule has 124 valence electrons.